The molecule has 1 heterocycles. The third-order valence-corrected chi connectivity index (χ3v) is 3.89. The Labute approximate surface area is 121 Å². The lowest BCUT2D eigenvalue weighted by molar-refractivity contribution is -0.133. The number of ether oxygens (including phenoxy) is 1. The Hall–Kier alpha value is -2.81. The summed E-state index contributed by atoms with van der Waals surface area (Å²) in [4.78, 5) is 12.3. The highest BCUT2D eigenvalue weighted by Gasteiger charge is 2.36. The number of hydrogen-bond donors (Lipinski definition) is 1. The second-order valence-electron chi connectivity index (χ2n) is 5.12. The van der Waals surface area contributed by atoms with E-state index in [1.54, 1.807) is 18.2 Å². The van der Waals surface area contributed by atoms with Crippen LogP contribution < -0.4 is 4.74 Å². The van der Waals surface area contributed by atoms with Crippen molar-refractivity contribution in [2.75, 3.05) is 0 Å². The summed E-state index contributed by atoms with van der Waals surface area (Å²) < 4.78 is 5.39. The zero-order chi connectivity index (χ0) is 14.4. The van der Waals surface area contributed by atoms with Crippen LogP contribution in [0, 0.1) is 0 Å². The maximum Gasteiger partial charge on any atom is 0.323 e. The van der Waals surface area contributed by atoms with Crippen molar-refractivity contribution in [1.82, 2.24) is 0 Å². The van der Waals surface area contributed by atoms with Crippen LogP contribution in [0.4, 0.5) is 0 Å². The van der Waals surface area contributed by atoms with Gasteiger partial charge in [0.1, 0.15) is 17.4 Å². The number of aromatic hydroxyl groups is 1. The standard InChI is InChI=1S/C18H12O3/c19-13-8-4-7-12-9-10-14-17(15(12)13)16(18(20)21-14)11-5-2-1-3-6-11/h1-10,16,19H. The summed E-state index contributed by atoms with van der Waals surface area (Å²) in [5, 5.41) is 11.8. The van der Waals surface area contributed by atoms with Crippen LogP contribution in [0.25, 0.3) is 10.8 Å². The minimum Gasteiger partial charge on any atom is -0.507 e. The quantitative estimate of drug-likeness (QED) is 0.545. The first-order valence-corrected chi connectivity index (χ1v) is 6.77. The van der Waals surface area contributed by atoms with Crippen LogP contribution >= 0.6 is 0 Å². The Morgan fingerprint density at radius 1 is 0.905 bits per heavy atom. The fourth-order valence-electron chi connectivity index (χ4n) is 2.98. The summed E-state index contributed by atoms with van der Waals surface area (Å²) in [5.41, 5.74) is 1.62. The average molecular weight is 276 g/mol. The molecule has 3 heteroatoms. The summed E-state index contributed by atoms with van der Waals surface area (Å²) in [5.74, 6) is -0.0865. The van der Waals surface area contributed by atoms with Gasteiger partial charge >= 0.3 is 5.97 Å². The Balaban J connectivity index is 2.05. The summed E-state index contributed by atoms with van der Waals surface area (Å²) in [6, 6.07) is 18.5. The van der Waals surface area contributed by atoms with Crippen LogP contribution in [0.1, 0.15) is 17.0 Å². The fraction of sp³-hybridized carbons (Fsp3) is 0.0556. The van der Waals surface area contributed by atoms with Crippen molar-refractivity contribution in [3.63, 3.8) is 0 Å². The number of phenols is 1. The van der Waals surface area contributed by atoms with Gasteiger partial charge < -0.3 is 9.84 Å². The van der Waals surface area contributed by atoms with Crippen molar-refractivity contribution >= 4 is 16.7 Å². The van der Waals surface area contributed by atoms with Gasteiger partial charge in [0.2, 0.25) is 0 Å². The van der Waals surface area contributed by atoms with Gasteiger partial charge in [-0.2, -0.15) is 0 Å². The van der Waals surface area contributed by atoms with Gasteiger partial charge in [-0.25, -0.2) is 0 Å². The summed E-state index contributed by atoms with van der Waals surface area (Å²) >= 11 is 0. The molecule has 0 saturated heterocycles. The lowest BCUT2D eigenvalue weighted by Gasteiger charge is -2.11. The predicted molar refractivity (Wildman–Crippen MR) is 79.5 cm³/mol. The number of phenolic OH excluding ortho intramolecular Hbond substituents is 1. The predicted octanol–water partition coefficient (Wildman–Crippen LogP) is 3.60. The fourth-order valence-corrected chi connectivity index (χ4v) is 2.98. The van der Waals surface area contributed by atoms with Crippen molar-refractivity contribution in [3.8, 4) is 11.5 Å². The highest BCUT2D eigenvalue weighted by Crippen LogP contribution is 2.45. The van der Waals surface area contributed by atoms with Gasteiger partial charge in [-0.1, -0.05) is 48.5 Å². The first-order chi connectivity index (χ1) is 10.3. The molecular formula is C18H12O3. The molecule has 3 aromatic carbocycles. The Kier molecular flexibility index (Phi) is 2.48. The molecule has 0 amide bonds. The molecule has 0 bridgehead atoms. The van der Waals surface area contributed by atoms with Gasteiger partial charge in [0.25, 0.3) is 0 Å². The first-order valence-electron chi connectivity index (χ1n) is 6.77. The smallest absolute Gasteiger partial charge is 0.323 e. The normalized spacial score (nSPS) is 16.8. The number of hydrogen-bond acceptors (Lipinski definition) is 3. The molecule has 0 spiro atoms. The van der Waals surface area contributed by atoms with E-state index in [0.717, 1.165) is 16.5 Å². The third kappa shape index (κ3) is 1.71. The van der Waals surface area contributed by atoms with Gasteiger partial charge in [0.15, 0.2) is 0 Å². The monoisotopic (exact) mass is 276 g/mol. The molecule has 1 N–H and O–H groups in total. The van der Waals surface area contributed by atoms with Crippen molar-refractivity contribution in [3.05, 3.63) is 71.8 Å². The molecule has 1 unspecified atom stereocenters. The third-order valence-electron chi connectivity index (χ3n) is 3.89. The van der Waals surface area contributed by atoms with E-state index >= 15 is 0 Å². The molecule has 4 rings (SSSR count). The molecule has 0 aliphatic carbocycles. The Morgan fingerprint density at radius 2 is 1.71 bits per heavy atom. The van der Waals surface area contributed by atoms with Gasteiger partial charge in [-0.05, 0) is 23.1 Å². The lowest BCUT2D eigenvalue weighted by atomic mass is 9.88. The highest BCUT2D eigenvalue weighted by molar-refractivity contribution is 6.01. The summed E-state index contributed by atoms with van der Waals surface area (Å²) in [6.45, 7) is 0. The van der Waals surface area contributed by atoms with Crippen molar-refractivity contribution in [2.45, 2.75) is 5.92 Å². The molecule has 3 nitrogen and oxygen atoms in total. The molecule has 0 fully saturated rings. The van der Waals surface area contributed by atoms with Crippen molar-refractivity contribution in [2.24, 2.45) is 0 Å². The topological polar surface area (TPSA) is 46.5 Å². The molecule has 0 radical (unpaired) electrons. The second-order valence-corrected chi connectivity index (χ2v) is 5.12. The van der Waals surface area contributed by atoms with Crippen LogP contribution in [-0.2, 0) is 4.79 Å². The van der Waals surface area contributed by atoms with E-state index in [2.05, 4.69) is 0 Å². The average Bonchev–Trinajstić information content (AvgIpc) is 2.84. The number of carbonyl (C=O) groups is 1. The molecule has 1 atom stereocenters. The molecule has 0 saturated carbocycles. The first kappa shape index (κ1) is 12.0. The van der Waals surface area contributed by atoms with Crippen LogP contribution in [0.2, 0.25) is 0 Å². The number of rotatable bonds is 1. The van der Waals surface area contributed by atoms with E-state index in [1.165, 1.54) is 0 Å². The summed E-state index contributed by atoms with van der Waals surface area (Å²) in [7, 11) is 0. The molecular weight excluding hydrogens is 264 g/mol. The number of fused-ring (bicyclic) bond motifs is 3. The minimum atomic E-state index is -0.488. The van der Waals surface area contributed by atoms with E-state index in [9.17, 15) is 9.90 Å². The number of carbonyl (C=O) groups excluding carboxylic acids is 1. The number of benzene rings is 3. The van der Waals surface area contributed by atoms with Gasteiger partial charge in [0, 0.05) is 10.9 Å². The molecule has 3 aromatic rings. The van der Waals surface area contributed by atoms with E-state index in [1.807, 2.05) is 42.5 Å². The summed E-state index contributed by atoms with van der Waals surface area (Å²) in [6.07, 6.45) is 0. The molecule has 1 aliphatic rings. The van der Waals surface area contributed by atoms with Crippen LogP contribution in [0.5, 0.6) is 11.5 Å². The molecule has 0 aromatic heterocycles. The maximum absolute atomic E-state index is 12.3. The van der Waals surface area contributed by atoms with Crippen molar-refractivity contribution < 1.29 is 14.6 Å². The van der Waals surface area contributed by atoms with Crippen LogP contribution in [-0.4, -0.2) is 11.1 Å². The maximum atomic E-state index is 12.3. The van der Waals surface area contributed by atoms with Gasteiger partial charge in [-0.3, -0.25) is 4.79 Å². The van der Waals surface area contributed by atoms with Gasteiger partial charge in [0.05, 0.1) is 0 Å². The highest BCUT2D eigenvalue weighted by atomic mass is 16.5. The second kappa shape index (κ2) is 4.35. The Morgan fingerprint density at radius 3 is 2.52 bits per heavy atom. The molecule has 1 aliphatic heterocycles. The van der Waals surface area contributed by atoms with Gasteiger partial charge in [-0.15, -0.1) is 0 Å². The zero-order valence-electron chi connectivity index (χ0n) is 11.1. The van der Waals surface area contributed by atoms with Crippen LogP contribution in [0.15, 0.2) is 60.7 Å². The SMILES string of the molecule is O=C1Oc2ccc3cccc(O)c3c2C1c1ccccc1. The van der Waals surface area contributed by atoms with E-state index < -0.39 is 5.92 Å². The number of esters is 1. The lowest BCUT2D eigenvalue weighted by Crippen LogP contribution is -2.11. The molecule has 21 heavy (non-hydrogen) atoms. The Bertz CT molecular complexity index is 853. The minimum absolute atomic E-state index is 0.170. The van der Waals surface area contributed by atoms with Crippen LogP contribution in [0.3, 0.4) is 0 Å². The van der Waals surface area contributed by atoms with E-state index in [4.69, 9.17) is 4.74 Å². The zero-order valence-corrected chi connectivity index (χ0v) is 11.1. The van der Waals surface area contributed by atoms with Crippen molar-refractivity contribution in [1.29, 1.82) is 0 Å². The van der Waals surface area contributed by atoms with E-state index in [-0.39, 0.29) is 11.7 Å². The van der Waals surface area contributed by atoms with E-state index in [0.29, 0.717) is 11.1 Å². The largest absolute Gasteiger partial charge is 0.507 e. The molecule has 102 valence electrons.